The molecule has 0 atom stereocenters. The second-order valence-electron chi connectivity index (χ2n) is 7.22. The summed E-state index contributed by atoms with van der Waals surface area (Å²) in [4.78, 5) is 2.15. The molecule has 1 saturated heterocycles. The first kappa shape index (κ1) is 21.2. The van der Waals surface area contributed by atoms with Crippen LogP contribution >= 0.6 is 34.8 Å². The predicted octanol–water partition coefficient (Wildman–Crippen LogP) is 5.17. The number of piperidine rings is 1. The Morgan fingerprint density at radius 3 is 2.60 bits per heavy atom. The van der Waals surface area contributed by atoms with Crippen LogP contribution in [-0.4, -0.2) is 41.6 Å². The van der Waals surface area contributed by atoms with Gasteiger partial charge < -0.3 is 20.1 Å². The SMILES string of the molecule is COc1ccc(CNc2nncc3c(N4CCC(O)CC4)c(Cl)c(Cl)cc23)cc1Cl. The summed E-state index contributed by atoms with van der Waals surface area (Å²) >= 11 is 19.3. The number of aromatic nitrogens is 2. The fourth-order valence-electron chi connectivity index (χ4n) is 3.69. The minimum Gasteiger partial charge on any atom is -0.495 e. The van der Waals surface area contributed by atoms with E-state index in [1.807, 2.05) is 18.2 Å². The molecule has 9 heteroatoms. The van der Waals surface area contributed by atoms with E-state index in [1.165, 1.54) is 0 Å². The highest BCUT2D eigenvalue weighted by atomic mass is 35.5. The third-order valence-corrected chi connectivity index (χ3v) is 6.36. The van der Waals surface area contributed by atoms with Gasteiger partial charge in [-0.15, -0.1) is 5.10 Å². The molecule has 3 aromatic rings. The van der Waals surface area contributed by atoms with Crippen LogP contribution in [0.25, 0.3) is 10.8 Å². The second kappa shape index (κ2) is 9.02. The minimum absolute atomic E-state index is 0.279. The summed E-state index contributed by atoms with van der Waals surface area (Å²) in [5.74, 6) is 1.24. The van der Waals surface area contributed by atoms with Crippen LogP contribution in [0.3, 0.4) is 0 Å². The van der Waals surface area contributed by atoms with Gasteiger partial charge in [-0.25, -0.2) is 0 Å². The zero-order valence-corrected chi connectivity index (χ0v) is 18.6. The fraction of sp³-hybridized carbons (Fsp3) is 0.333. The van der Waals surface area contributed by atoms with Gasteiger partial charge in [0, 0.05) is 30.4 Å². The number of anilines is 2. The number of hydrogen-bond acceptors (Lipinski definition) is 6. The van der Waals surface area contributed by atoms with Gasteiger partial charge in [0.25, 0.3) is 0 Å². The number of aliphatic hydroxyl groups excluding tert-OH is 1. The molecule has 0 amide bonds. The van der Waals surface area contributed by atoms with Gasteiger partial charge >= 0.3 is 0 Å². The molecule has 30 heavy (non-hydrogen) atoms. The number of nitrogens with zero attached hydrogens (tertiary/aromatic N) is 3. The largest absolute Gasteiger partial charge is 0.495 e. The smallest absolute Gasteiger partial charge is 0.156 e. The number of halogens is 3. The molecule has 2 N–H and O–H groups in total. The standard InChI is InChI=1S/C21H21Cl3N4O2/c1-30-18-3-2-12(8-16(18)22)10-25-21-14-9-17(23)19(24)20(15(14)11-26-27-21)28-6-4-13(29)5-7-28/h2-3,8-9,11,13,29H,4-7,10H2,1H3,(H,25,27). The second-order valence-corrected chi connectivity index (χ2v) is 8.41. The highest BCUT2D eigenvalue weighted by molar-refractivity contribution is 6.45. The van der Waals surface area contributed by atoms with Crippen molar-refractivity contribution >= 4 is 57.1 Å². The zero-order chi connectivity index (χ0) is 21.3. The van der Waals surface area contributed by atoms with Crippen LogP contribution < -0.4 is 15.0 Å². The Balaban J connectivity index is 1.67. The summed E-state index contributed by atoms with van der Waals surface area (Å²) < 4.78 is 5.20. The summed E-state index contributed by atoms with van der Waals surface area (Å²) in [5, 5.41) is 24.8. The first-order valence-corrected chi connectivity index (χ1v) is 10.7. The summed E-state index contributed by atoms with van der Waals surface area (Å²) in [5.41, 5.74) is 1.81. The average molecular weight is 468 g/mol. The van der Waals surface area contributed by atoms with E-state index >= 15 is 0 Å². The number of ether oxygens (including phenoxy) is 1. The topological polar surface area (TPSA) is 70.5 Å². The van der Waals surface area contributed by atoms with Gasteiger partial charge in [0.1, 0.15) is 5.75 Å². The van der Waals surface area contributed by atoms with Crippen LogP contribution in [0.4, 0.5) is 11.5 Å². The molecule has 0 radical (unpaired) electrons. The molecule has 1 fully saturated rings. The van der Waals surface area contributed by atoms with Crippen molar-refractivity contribution in [2.24, 2.45) is 0 Å². The van der Waals surface area contributed by atoms with E-state index in [9.17, 15) is 5.11 Å². The third-order valence-electron chi connectivity index (χ3n) is 5.29. The van der Waals surface area contributed by atoms with E-state index in [4.69, 9.17) is 39.5 Å². The monoisotopic (exact) mass is 466 g/mol. The molecule has 1 aliphatic heterocycles. The lowest BCUT2D eigenvalue weighted by atomic mass is 10.0. The van der Waals surface area contributed by atoms with Crippen LogP contribution in [0.2, 0.25) is 15.1 Å². The minimum atomic E-state index is -0.279. The average Bonchev–Trinajstić information content (AvgIpc) is 2.74. The number of methoxy groups -OCH3 is 1. The van der Waals surface area contributed by atoms with Crippen molar-refractivity contribution in [3.63, 3.8) is 0 Å². The van der Waals surface area contributed by atoms with Crippen molar-refractivity contribution in [2.45, 2.75) is 25.5 Å². The number of fused-ring (bicyclic) bond motifs is 1. The quantitative estimate of drug-likeness (QED) is 0.539. The Hall–Kier alpha value is -1.99. The van der Waals surface area contributed by atoms with Crippen LogP contribution in [0.1, 0.15) is 18.4 Å². The Morgan fingerprint density at radius 1 is 1.13 bits per heavy atom. The number of aliphatic hydroxyl groups is 1. The van der Waals surface area contributed by atoms with Gasteiger partial charge in [-0.05, 0) is 36.6 Å². The van der Waals surface area contributed by atoms with Crippen LogP contribution in [0, 0.1) is 0 Å². The molecule has 2 heterocycles. The van der Waals surface area contributed by atoms with E-state index in [1.54, 1.807) is 19.4 Å². The van der Waals surface area contributed by atoms with Crippen molar-refractivity contribution in [1.82, 2.24) is 10.2 Å². The van der Waals surface area contributed by atoms with Gasteiger partial charge in [0.15, 0.2) is 5.82 Å². The first-order chi connectivity index (χ1) is 14.5. The lowest BCUT2D eigenvalue weighted by Crippen LogP contribution is -2.36. The van der Waals surface area contributed by atoms with Crippen molar-refractivity contribution in [3.8, 4) is 5.75 Å². The molecular formula is C21H21Cl3N4O2. The van der Waals surface area contributed by atoms with Crippen molar-refractivity contribution in [2.75, 3.05) is 30.4 Å². The molecule has 4 rings (SSSR count). The molecule has 1 aromatic heterocycles. The molecule has 1 aliphatic rings. The highest BCUT2D eigenvalue weighted by Gasteiger charge is 2.23. The Kier molecular flexibility index (Phi) is 6.39. The Bertz CT molecular complexity index is 1070. The van der Waals surface area contributed by atoms with Crippen LogP contribution in [-0.2, 0) is 6.54 Å². The van der Waals surface area contributed by atoms with Gasteiger partial charge in [-0.1, -0.05) is 40.9 Å². The number of rotatable bonds is 5. The van der Waals surface area contributed by atoms with E-state index in [0.717, 1.165) is 22.0 Å². The first-order valence-electron chi connectivity index (χ1n) is 9.60. The fourth-order valence-corrected chi connectivity index (χ4v) is 4.44. The van der Waals surface area contributed by atoms with E-state index in [2.05, 4.69) is 20.4 Å². The normalized spacial score (nSPS) is 14.9. The molecule has 2 aromatic carbocycles. The molecular weight excluding hydrogens is 447 g/mol. The van der Waals surface area contributed by atoms with E-state index in [-0.39, 0.29) is 6.10 Å². The van der Waals surface area contributed by atoms with Gasteiger partial charge in [0.05, 0.1) is 40.2 Å². The van der Waals surface area contributed by atoms with Gasteiger partial charge in [-0.2, -0.15) is 5.10 Å². The molecule has 0 aliphatic carbocycles. The third kappa shape index (κ3) is 4.23. The molecule has 0 unspecified atom stereocenters. The van der Waals surface area contributed by atoms with Gasteiger partial charge in [-0.3, -0.25) is 0 Å². The van der Waals surface area contributed by atoms with Crippen molar-refractivity contribution in [3.05, 3.63) is 51.1 Å². The number of benzene rings is 2. The molecule has 0 saturated carbocycles. The lowest BCUT2D eigenvalue weighted by Gasteiger charge is -2.33. The molecule has 0 bridgehead atoms. The number of hydrogen-bond donors (Lipinski definition) is 2. The Morgan fingerprint density at radius 2 is 1.90 bits per heavy atom. The maximum Gasteiger partial charge on any atom is 0.156 e. The van der Waals surface area contributed by atoms with E-state index < -0.39 is 0 Å². The summed E-state index contributed by atoms with van der Waals surface area (Å²) in [6.45, 7) is 1.90. The summed E-state index contributed by atoms with van der Waals surface area (Å²) in [6.07, 6.45) is 2.80. The predicted molar refractivity (Wildman–Crippen MR) is 122 cm³/mol. The van der Waals surface area contributed by atoms with Crippen LogP contribution in [0.15, 0.2) is 30.5 Å². The summed E-state index contributed by atoms with van der Waals surface area (Å²) in [6, 6.07) is 7.41. The van der Waals surface area contributed by atoms with E-state index in [0.29, 0.717) is 59.1 Å². The maximum absolute atomic E-state index is 9.85. The molecule has 158 valence electrons. The molecule has 0 spiro atoms. The van der Waals surface area contributed by atoms with Crippen molar-refractivity contribution in [1.29, 1.82) is 0 Å². The lowest BCUT2D eigenvalue weighted by molar-refractivity contribution is 0.145. The highest BCUT2D eigenvalue weighted by Crippen LogP contribution is 2.42. The van der Waals surface area contributed by atoms with Crippen molar-refractivity contribution < 1.29 is 9.84 Å². The summed E-state index contributed by atoms with van der Waals surface area (Å²) in [7, 11) is 1.58. The number of nitrogens with one attached hydrogen (secondary N) is 1. The van der Waals surface area contributed by atoms with Crippen LogP contribution in [0.5, 0.6) is 5.75 Å². The van der Waals surface area contributed by atoms with Gasteiger partial charge in [0.2, 0.25) is 0 Å². The zero-order valence-electron chi connectivity index (χ0n) is 16.3. The maximum atomic E-state index is 9.85. The Labute approximate surface area is 189 Å². The molecule has 6 nitrogen and oxygen atoms in total.